The van der Waals surface area contributed by atoms with Crippen molar-refractivity contribution in [2.24, 2.45) is 13.5 Å². The fourth-order valence-electron chi connectivity index (χ4n) is 2.14. The molecule has 2 aliphatic rings. The quantitative estimate of drug-likeness (QED) is 0.409. The summed E-state index contributed by atoms with van der Waals surface area (Å²) in [5.41, 5.74) is 1.01. The van der Waals surface area contributed by atoms with Crippen molar-refractivity contribution in [1.82, 2.24) is 0 Å². The Balaban J connectivity index is 2.19. The van der Waals surface area contributed by atoms with Crippen molar-refractivity contribution in [2.45, 2.75) is 6.42 Å². The molecule has 1 aromatic rings. The Morgan fingerprint density at radius 2 is 1.55 bits per heavy atom. The monoisotopic (exact) mass is 348 g/mol. The maximum absolute atomic E-state index is 14.7. The summed E-state index contributed by atoms with van der Waals surface area (Å²) >= 11 is 0. The molecule has 1 atom stereocenters. The van der Waals surface area contributed by atoms with Gasteiger partial charge in [-0.3, -0.25) is 4.67 Å². The standard InChI is InChI=1S/C8H8F5N4P3/c9-18(10)14-19(11,12)16-20(13,15-18)17-6-5-7-3-1-2-4-8(7)17/h1-4H,5-6H2. The lowest BCUT2D eigenvalue weighted by Gasteiger charge is -2.27. The molecule has 0 saturated carbocycles. The number of benzene rings is 1. The van der Waals surface area contributed by atoms with Crippen molar-refractivity contribution in [2.75, 3.05) is 11.2 Å². The van der Waals surface area contributed by atoms with E-state index in [1.807, 2.05) is 0 Å². The van der Waals surface area contributed by atoms with E-state index in [0.717, 1.165) is 4.67 Å². The van der Waals surface area contributed by atoms with Crippen LogP contribution in [0.5, 0.6) is 0 Å². The summed E-state index contributed by atoms with van der Waals surface area (Å²) < 4.78 is 76.0. The van der Waals surface area contributed by atoms with E-state index in [9.17, 15) is 21.0 Å². The van der Waals surface area contributed by atoms with Crippen LogP contribution in [-0.4, -0.2) is 6.54 Å². The molecule has 0 N–H and O–H groups in total. The Morgan fingerprint density at radius 1 is 0.900 bits per heavy atom. The highest BCUT2D eigenvalue weighted by Gasteiger charge is 2.44. The highest BCUT2D eigenvalue weighted by Crippen LogP contribution is 2.82. The molecule has 12 heteroatoms. The summed E-state index contributed by atoms with van der Waals surface area (Å²) in [6.45, 7) is 0.0105. The summed E-state index contributed by atoms with van der Waals surface area (Å²) in [6, 6.07) is 6.47. The summed E-state index contributed by atoms with van der Waals surface area (Å²) in [6.07, 6.45) is 0.387. The average molecular weight is 348 g/mol. The molecule has 0 radical (unpaired) electrons. The Hall–Kier alpha value is -0.640. The van der Waals surface area contributed by atoms with E-state index < -0.39 is 23.3 Å². The van der Waals surface area contributed by atoms with Crippen LogP contribution in [0.4, 0.5) is 26.7 Å². The molecule has 20 heavy (non-hydrogen) atoms. The maximum Gasteiger partial charge on any atom is 0.424 e. The molecule has 0 aromatic heterocycles. The van der Waals surface area contributed by atoms with Gasteiger partial charge in [0.25, 0.3) is 0 Å². The van der Waals surface area contributed by atoms with Gasteiger partial charge in [-0.05, 0) is 18.1 Å². The van der Waals surface area contributed by atoms with Crippen molar-refractivity contribution < 1.29 is 21.0 Å². The number of rotatable bonds is 1. The Labute approximate surface area is 112 Å². The van der Waals surface area contributed by atoms with Crippen molar-refractivity contribution in [1.29, 1.82) is 0 Å². The number of anilines is 1. The van der Waals surface area contributed by atoms with Crippen LogP contribution in [0, 0.1) is 0 Å². The number of para-hydroxylation sites is 1. The first-order valence-corrected chi connectivity index (χ1v) is 9.96. The van der Waals surface area contributed by atoms with E-state index >= 15 is 0 Å². The highest BCUT2D eigenvalue weighted by atomic mass is 31.3. The molecular formula is C8H8F5N4P3. The second kappa shape index (κ2) is 4.43. The molecule has 0 fully saturated rings. The first-order valence-electron chi connectivity index (χ1n) is 5.47. The van der Waals surface area contributed by atoms with Gasteiger partial charge in [0, 0.05) is 12.2 Å². The van der Waals surface area contributed by atoms with Crippen LogP contribution in [0.1, 0.15) is 5.56 Å². The van der Waals surface area contributed by atoms with Gasteiger partial charge in [0.15, 0.2) is 0 Å². The minimum atomic E-state index is -5.66. The van der Waals surface area contributed by atoms with Gasteiger partial charge in [-0.25, -0.2) is 0 Å². The van der Waals surface area contributed by atoms with Crippen LogP contribution in [0.3, 0.4) is 0 Å². The molecule has 2 heterocycles. The fourth-order valence-corrected chi connectivity index (χ4v) is 8.36. The van der Waals surface area contributed by atoms with Crippen molar-refractivity contribution >= 4 is 29.0 Å². The first-order chi connectivity index (χ1) is 9.21. The van der Waals surface area contributed by atoms with Gasteiger partial charge in [0.2, 0.25) is 0 Å². The van der Waals surface area contributed by atoms with Crippen LogP contribution in [0.2, 0.25) is 0 Å². The number of hydrogen-bond acceptors (Lipinski definition) is 4. The van der Waals surface area contributed by atoms with Crippen molar-refractivity contribution in [3.8, 4) is 0 Å². The third kappa shape index (κ3) is 2.47. The molecule has 2 aliphatic heterocycles. The smallest absolute Gasteiger partial charge is 0.296 e. The van der Waals surface area contributed by atoms with Crippen LogP contribution in [0.25, 0.3) is 0 Å². The largest absolute Gasteiger partial charge is 0.424 e. The predicted molar refractivity (Wildman–Crippen MR) is 71.1 cm³/mol. The van der Waals surface area contributed by atoms with E-state index in [2.05, 4.69) is 13.5 Å². The van der Waals surface area contributed by atoms with Crippen LogP contribution in [-0.2, 0) is 6.42 Å². The minimum Gasteiger partial charge on any atom is -0.296 e. The second-order valence-corrected chi connectivity index (χ2v) is 9.62. The first kappa shape index (κ1) is 14.3. The number of fused-ring (bicyclic) bond motifs is 1. The van der Waals surface area contributed by atoms with Gasteiger partial charge < -0.3 is 0 Å². The van der Waals surface area contributed by atoms with Gasteiger partial charge in [-0.1, -0.05) is 18.2 Å². The van der Waals surface area contributed by atoms with E-state index in [1.165, 1.54) is 6.07 Å². The van der Waals surface area contributed by atoms with E-state index in [-0.39, 0.29) is 6.54 Å². The molecule has 0 spiro atoms. The molecule has 0 amide bonds. The minimum absolute atomic E-state index is 0.0105. The van der Waals surface area contributed by atoms with Gasteiger partial charge >= 0.3 is 23.3 Å². The molecule has 0 saturated heterocycles. The molecule has 1 aromatic carbocycles. The molecule has 110 valence electrons. The Morgan fingerprint density at radius 3 is 2.25 bits per heavy atom. The highest BCUT2D eigenvalue weighted by molar-refractivity contribution is 7.80. The normalized spacial score (nSPS) is 29.9. The van der Waals surface area contributed by atoms with Crippen LogP contribution >= 0.6 is 23.3 Å². The van der Waals surface area contributed by atoms with Gasteiger partial charge in [-0.15, -0.1) is 30.3 Å². The second-order valence-electron chi connectivity index (χ2n) is 4.18. The van der Waals surface area contributed by atoms with Gasteiger partial charge in [0.1, 0.15) is 0 Å². The summed E-state index contributed by atoms with van der Waals surface area (Å²) in [7, 11) is -16.1. The summed E-state index contributed by atoms with van der Waals surface area (Å²) in [4.78, 5) is 0. The van der Waals surface area contributed by atoms with Crippen LogP contribution in [0.15, 0.2) is 37.8 Å². The summed E-state index contributed by atoms with van der Waals surface area (Å²) in [5, 5.41) is 0. The zero-order valence-electron chi connectivity index (χ0n) is 9.74. The summed E-state index contributed by atoms with van der Waals surface area (Å²) in [5.74, 6) is 0. The topological polar surface area (TPSA) is 40.3 Å². The number of nitrogens with zero attached hydrogens (tertiary/aromatic N) is 4. The van der Waals surface area contributed by atoms with Gasteiger partial charge in [0.05, 0.1) is 0 Å². The van der Waals surface area contributed by atoms with Crippen molar-refractivity contribution in [3.63, 3.8) is 0 Å². The Bertz CT molecular complexity index is 728. The maximum atomic E-state index is 14.7. The lowest BCUT2D eigenvalue weighted by molar-refractivity contribution is 0.695. The molecule has 3 rings (SSSR count). The molecule has 0 aliphatic carbocycles. The zero-order valence-corrected chi connectivity index (χ0v) is 12.4. The van der Waals surface area contributed by atoms with Crippen LogP contribution < -0.4 is 4.67 Å². The number of halogens is 5. The molecule has 4 nitrogen and oxygen atoms in total. The van der Waals surface area contributed by atoms with E-state index in [4.69, 9.17) is 0 Å². The third-order valence-electron chi connectivity index (χ3n) is 2.83. The lowest BCUT2D eigenvalue weighted by atomic mass is 10.2. The molecule has 0 bridgehead atoms. The van der Waals surface area contributed by atoms with Crippen molar-refractivity contribution in [3.05, 3.63) is 29.8 Å². The van der Waals surface area contributed by atoms with E-state index in [0.29, 0.717) is 17.7 Å². The molecular weight excluding hydrogens is 340 g/mol. The average Bonchev–Trinajstić information content (AvgIpc) is 2.67. The fraction of sp³-hybridized carbons (Fsp3) is 0.250. The Kier molecular flexibility index (Phi) is 3.16. The SMILES string of the molecule is FP1(F)=NP(F)(F)=NP(F)(N2CCc3ccccc32)=N1. The lowest BCUT2D eigenvalue weighted by Crippen LogP contribution is -2.13. The molecule has 1 unspecified atom stereocenters. The van der Waals surface area contributed by atoms with E-state index in [1.54, 1.807) is 18.2 Å². The zero-order chi connectivity index (χ0) is 14.6. The predicted octanol–water partition coefficient (Wildman–Crippen LogP) is 6.75. The van der Waals surface area contributed by atoms with Gasteiger partial charge in [-0.2, -0.15) is 4.20 Å². The number of hydrogen-bond donors (Lipinski definition) is 0. The third-order valence-corrected chi connectivity index (χ3v) is 9.12.